The number of imide groups is 1. The summed E-state index contributed by atoms with van der Waals surface area (Å²) in [4.78, 5) is 76.0. The summed E-state index contributed by atoms with van der Waals surface area (Å²) >= 11 is 1.56. The van der Waals surface area contributed by atoms with E-state index in [1.54, 1.807) is 41.1 Å². The van der Waals surface area contributed by atoms with Gasteiger partial charge in [0.15, 0.2) is 0 Å². The molecule has 77 heavy (non-hydrogen) atoms. The number of nitrogens with one attached hydrogen (secondary N) is 2. The van der Waals surface area contributed by atoms with Crippen molar-refractivity contribution in [3.63, 3.8) is 0 Å². The number of β-amino-alcohol motifs (C(OH)–C–C–N with tert-alkyl or cyclic N) is 1. The maximum Gasteiger partial charge on any atom is 0.417 e. The molecule has 0 saturated carbocycles. The number of aliphatic hydroxyl groups is 1. The summed E-state index contributed by atoms with van der Waals surface area (Å²) in [5.41, 5.74) is 0.758. The highest BCUT2D eigenvalue weighted by Gasteiger charge is 2.53. The van der Waals surface area contributed by atoms with Crippen LogP contribution in [-0.4, -0.2) is 134 Å². The predicted molar refractivity (Wildman–Crippen MR) is 281 cm³/mol. The second kappa shape index (κ2) is 27.2. The Morgan fingerprint density at radius 3 is 2.06 bits per heavy atom. The predicted octanol–water partition coefficient (Wildman–Crippen LogP) is 7.58. The molecule has 0 spiro atoms. The number of halogens is 3. The number of carbonyl (C=O) groups is 5. The van der Waals surface area contributed by atoms with Gasteiger partial charge in [-0.05, 0) is 99.0 Å². The molecule has 4 aromatic rings. The number of amides is 6. The second-order valence-corrected chi connectivity index (χ2v) is 21.1. The molecule has 3 N–H and O–H groups in total. The van der Waals surface area contributed by atoms with Crippen LogP contribution in [0.4, 0.5) is 29.3 Å². The van der Waals surface area contributed by atoms with Gasteiger partial charge in [-0.15, -0.1) is 11.3 Å². The van der Waals surface area contributed by atoms with Gasteiger partial charge >= 0.3 is 12.2 Å². The average Bonchev–Trinajstić information content (AvgIpc) is 4.06. The van der Waals surface area contributed by atoms with Crippen molar-refractivity contribution < 1.29 is 65.9 Å². The monoisotopic (exact) mass is 1090 g/mol. The third kappa shape index (κ3) is 16.1. The molecule has 2 aliphatic rings. The first-order chi connectivity index (χ1) is 36.6. The van der Waals surface area contributed by atoms with Crippen LogP contribution in [0.2, 0.25) is 0 Å². The molecular formula is C55H68F3N7O11S. The third-order valence-electron chi connectivity index (χ3n) is 12.9. The number of nitriles is 1. The molecule has 6 rings (SSSR count). The van der Waals surface area contributed by atoms with E-state index in [4.69, 9.17) is 28.9 Å². The Kier molecular flexibility index (Phi) is 21.1. The molecule has 1 aromatic heterocycles. The Balaban J connectivity index is 0.774. The van der Waals surface area contributed by atoms with Crippen molar-refractivity contribution in [2.75, 3.05) is 75.8 Å². The largest absolute Gasteiger partial charge is 0.491 e. The lowest BCUT2D eigenvalue weighted by Gasteiger charge is -2.35. The SMILES string of the molecule is Cc1ncsc1-c1ccc(CNC(=O)[C@@H]2C[C@@H](O)CN2C(=O)C(NC(=O)CCCCOCCOCCCOCCOCCOc2ccc(N3C(=O)N(c4ccc(C#N)c(C(F)(F)F)c4)C(=O)C3(C)C)cc2)C(C)(C)C)cc1. The van der Waals surface area contributed by atoms with Gasteiger partial charge < -0.3 is 44.3 Å². The van der Waals surface area contributed by atoms with Gasteiger partial charge in [0.05, 0.1) is 78.1 Å². The first-order valence-corrected chi connectivity index (χ1v) is 26.4. The van der Waals surface area contributed by atoms with Crippen molar-refractivity contribution in [2.45, 2.75) is 110 Å². The van der Waals surface area contributed by atoms with Crippen LogP contribution in [0.3, 0.4) is 0 Å². The molecule has 416 valence electrons. The highest BCUT2D eigenvalue weighted by atomic mass is 32.1. The van der Waals surface area contributed by atoms with Crippen LogP contribution in [0.15, 0.2) is 72.2 Å². The van der Waals surface area contributed by atoms with E-state index in [-0.39, 0.29) is 56.6 Å². The molecule has 3 heterocycles. The first kappa shape index (κ1) is 59.8. The van der Waals surface area contributed by atoms with Crippen molar-refractivity contribution in [3.05, 3.63) is 94.6 Å². The zero-order chi connectivity index (χ0) is 55.9. The summed E-state index contributed by atoms with van der Waals surface area (Å²) in [5.74, 6) is -1.33. The third-order valence-corrected chi connectivity index (χ3v) is 13.9. The number of thiazole rings is 1. The van der Waals surface area contributed by atoms with E-state index in [0.717, 1.165) is 33.8 Å². The van der Waals surface area contributed by atoms with Gasteiger partial charge in [-0.25, -0.2) is 14.7 Å². The molecule has 0 bridgehead atoms. The van der Waals surface area contributed by atoms with Gasteiger partial charge in [0.1, 0.15) is 30.0 Å². The molecule has 1 unspecified atom stereocenters. The number of alkyl halides is 3. The van der Waals surface area contributed by atoms with Gasteiger partial charge in [0.2, 0.25) is 17.7 Å². The number of unbranched alkanes of at least 4 members (excludes halogenated alkanes) is 1. The Labute approximate surface area is 450 Å². The second-order valence-electron chi connectivity index (χ2n) is 20.2. The number of aryl methyl sites for hydroxylation is 1. The molecule has 0 aliphatic carbocycles. The summed E-state index contributed by atoms with van der Waals surface area (Å²) < 4.78 is 69.2. The fourth-order valence-electron chi connectivity index (χ4n) is 8.78. The van der Waals surface area contributed by atoms with Gasteiger partial charge in [-0.2, -0.15) is 18.4 Å². The maximum absolute atomic E-state index is 14.0. The van der Waals surface area contributed by atoms with Gasteiger partial charge in [-0.1, -0.05) is 45.0 Å². The molecule has 2 saturated heterocycles. The molecule has 6 amide bonds. The lowest BCUT2D eigenvalue weighted by Crippen LogP contribution is -2.57. The van der Waals surface area contributed by atoms with Crippen LogP contribution in [0.25, 0.3) is 10.4 Å². The van der Waals surface area contributed by atoms with Gasteiger partial charge in [0, 0.05) is 51.4 Å². The summed E-state index contributed by atoms with van der Waals surface area (Å²) in [6.07, 6.45) is -3.61. The average molecular weight is 1090 g/mol. The van der Waals surface area contributed by atoms with Gasteiger partial charge in [0.25, 0.3) is 5.91 Å². The van der Waals surface area contributed by atoms with Crippen molar-refractivity contribution in [3.8, 4) is 22.3 Å². The Morgan fingerprint density at radius 2 is 1.47 bits per heavy atom. The quantitative estimate of drug-likeness (QED) is 0.0388. The number of hydrogen-bond acceptors (Lipinski definition) is 14. The minimum Gasteiger partial charge on any atom is -0.491 e. The van der Waals surface area contributed by atoms with E-state index >= 15 is 0 Å². The minimum absolute atomic E-state index is 0.00657. The number of urea groups is 1. The van der Waals surface area contributed by atoms with Crippen molar-refractivity contribution in [1.29, 1.82) is 5.26 Å². The van der Waals surface area contributed by atoms with Crippen LogP contribution in [-0.2, 0) is 50.8 Å². The zero-order valence-electron chi connectivity index (χ0n) is 44.3. The van der Waals surface area contributed by atoms with E-state index in [1.165, 1.54) is 29.7 Å². The number of ether oxygens (including phenoxy) is 5. The Hall–Kier alpha value is -6.48. The van der Waals surface area contributed by atoms with Crippen LogP contribution in [0, 0.1) is 23.7 Å². The maximum atomic E-state index is 14.0. The van der Waals surface area contributed by atoms with E-state index < -0.39 is 64.3 Å². The highest BCUT2D eigenvalue weighted by molar-refractivity contribution is 7.13. The molecule has 3 atom stereocenters. The molecule has 0 radical (unpaired) electrons. The number of benzene rings is 3. The number of anilines is 2. The van der Waals surface area contributed by atoms with Crippen molar-refractivity contribution >= 4 is 52.4 Å². The lowest BCUT2D eigenvalue weighted by molar-refractivity contribution is -0.144. The molecule has 2 fully saturated rings. The fraction of sp³-hybridized carbons (Fsp3) is 0.509. The van der Waals surface area contributed by atoms with E-state index in [2.05, 4.69) is 15.6 Å². The number of rotatable bonds is 27. The zero-order valence-corrected chi connectivity index (χ0v) is 45.1. The van der Waals surface area contributed by atoms with Crippen LogP contribution >= 0.6 is 11.3 Å². The topological polar surface area (TPSA) is 222 Å². The summed E-state index contributed by atoms with van der Waals surface area (Å²) in [5, 5.41) is 25.5. The summed E-state index contributed by atoms with van der Waals surface area (Å²) in [6, 6.07) is 15.8. The lowest BCUT2D eigenvalue weighted by atomic mass is 9.85. The smallest absolute Gasteiger partial charge is 0.417 e. The molecule has 18 nitrogen and oxygen atoms in total. The molecule has 22 heteroatoms. The van der Waals surface area contributed by atoms with E-state index in [0.29, 0.717) is 87.9 Å². The number of aliphatic hydroxyl groups excluding tert-OH is 1. The van der Waals surface area contributed by atoms with Gasteiger partial charge in [-0.3, -0.25) is 24.1 Å². The summed E-state index contributed by atoms with van der Waals surface area (Å²) in [7, 11) is 0. The Morgan fingerprint density at radius 1 is 0.857 bits per heavy atom. The molecular weight excluding hydrogens is 1020 g/mol. The first-order valence-electron chi connectivity index (χ1n) is 25.5. The summed E-state index contributed by atoms with van der Waals surface area (Å²) in [6.45, 7) is 14.1. The number of aromatic nitrogens is 1. The number of nitrogens with zero attached hydrogens (tertiary/aromatic N) is 5. The number of likely N-dealkylation sites (tertiary alicyclic amines) is 1. The van der Waals surface area contributed by atoms with E-state index in [1.807, 2.05) is 52.0 Å². The Bertz CT molecular complexity index is 2690. The highest BCUT2D eigenvalue weighted by Crippen LogP contribution is 2.40. The fourth-order valence-corrected chi connectivity index (χ4v) is 9.59. The van der Waals surface area contributed by atoms with Crippen LogP contribution in [0.5, 0.6) is 5.75 Å². The minimum atomic E-state index is -4.87. The van der Waals surface area contributed by atoms with Crippen LogP contribution in [0.1, 0.15) is 89.1 Å². The van der Waals surface area contributed by atoms with E-state index in [9.17, 15) is 42.3 Å². The van der Waals surface area contributed by atoms with Crippen molar-refractivity contribution in [2.24, 2.45) is 5.41 Å². The van der Waals surface area contributed by atoms with Crippen molar-refractivity contribution in [1.82, 2.24) is 20.5 Å². The normalized spacial score (nSPS) is 16.9. The number of carbonyl (C=O) groups excluding carboxylic acids is 5. The molecule has 3 aromatic carbocycles. The standard InChI is InChI=1S/C55H68F3N7O11S/c1-36-47(77-35-61-36)38-13-11-37(12-14-38)33-60-49(68)45-31-42(66)34-63(45)50(69)48(53(2,3)4)62-46(67)10-7-8-21-72-24-25-73-22-9-23-74-26-27-75-28-29-76-43-19-17-40(18-20-43)65-52(71)64(51(70)54(65,5)6)41-16-15-39(32-59)44(30-41)55(56,57)58/h11-20,30,35,42,45,48,66H,7-10,21-29,31,33-34H2,1-6H3,(H,60,68)(H,62,67)/t42-,45+,48?/m1/s1. The van der Waals surface area contributed by atoms with Crippen LogP contribution < -0.4 is 25.2 Å². The molecule has 2 aliphatic heterocycles. The number of hydrogen-bond donors (Lipinski definition) is 3.